The highest BCUT2D eigenvalue weighted by Gasteiger charge is 2.17. The molecule has 2 aromatic heterocycles. The van der Waals surface area contributed by atoms with Gasteiger partial charge in [-0.05, 0) is 18.2 Å². The van der Waals surface area contributed by atoms with Crippen LogP contribution in [0.15, 0.2) is 36.5 Å². The lowest BCUT2D eigenvalue weighted by atomic mass is 10.3. The molecule has 0 spiro atoms. The van der Waals surface area contributed by atoms with Gasteiger partial charge in [0.05, 0.1) is 22.9 Å². The Labute approximate surface area is 137 Å². The highest BCUT2D eigenvalue weighted by molar-refractivity contribution is 6.32. The maximum absolute atomic E-state index is 12.2. The number of para-hydroxylation sites is 1. The fourth-order valence-corrected chi connectivity index (χ4v) is 2.34. The van der Waals surface area contributed by atoms with Crippen LogP contribution in [-0.2, 0) is 13.0 Å². The number of aromatic nitrogens is 5. The molecule has 118 valence electrons. The summed E-state index contributed by atoms with van der Waals surface area (Å²) in [4.78, 5) is 16.5. The number of hydrogen-bond acceptors (Lipinski definition) is 4. The van der Waals surface area contributed by atoms with Crippen molar-refractivity contribution in [3.63, 3.8) is 0 Å². The van der Waals surface area contributed by atoms with E-state index < -0.39 is 0 Å². The summed E-state index contributed by atoms with van der Waals surface area (Å²) in [6.07, 6.45) is 2.26. The van der Waals surface area contributed by atoms with Crippen LogP contribution in [0.4, 0.5) is 0 Å². The van der Waals surface area contributed by atoms with Crippen LogP contribution in [0, 0.1) is 0 Å². The zero-order chi connectivity index (χ0) is 16.2. The van der Waals surface area contributed by atoms with E-state index in [1.807, 2.05) is 25.1 Å². The topological polar surface area (TPSA) is 88.5 Å². The Kier molecular flexibility index (Phi) is 4.38. The normalized spacial score (nSPS) is 10.7. The van der Waals surface area contributed by atoms with Crippen molar-refractivity contribution in [1.29, 1.82) is 0 Å². The highest BCUT2D eigenvalue weighted by Crippen LogP contribution is 2.20. The summed E-state index contributed by atoms with van der Waals surface area (Å²) in [7, 11) is 0. The smallest absolute Gasteiger partial charge is 0.291 e. The summed E-state index contributed by atoms with van der Waals surface area (Å²) >= 11 is 6.21. The van der Waals surface area contributed by atoms with Gasteiger partial charge < -0.3 is 5.32 Å². The van der Waals surface area contributed by atoms with Gasteiger partial charge in [-0.25, -0.2) is 9.67 Å². The van der Waals surface area contributed by atoms with E-state index in [2.05, 4.69) is 25.6 Å². The number of aryl methyl sites for hydroxylation is 1. The molecule has 2 N–H and O–H groups in total. The molecule has 0 unspecified atom stereocenters. The van der Waals surface area contributed by atoms with Gasteiger partial charge in [-0.1, -0.05) is 30.7 Å². The number of nitrogens with zero attached hydrogens (tertiary/aromatic N) is 4. The molecule has 0 saturated carbocycles. The third kappa shape index (κ3) is 3.24. The van der Waals surface area contributed by atoms with E-state index >= 15 is 0 Å². The summed E-state index contributed by atoms with van der Waals surface area (Å²) in [5, 5.41) is 14.2. The Morgan fingerprint density at radius 1 is 1.35 bits per heavy atom. The van der Waals surface area contributed by atoms with Crippen LogP contribution in [0.2, 0.25) is 5.02 Å². The SMILES string of the molecule is CCc1nc(C(=O)NCc2ccn[nH]2)nn1-c1ccccc1Cl. The first-order valence-electron chi connectivity index (χ1n) is 7.16. The molecule has 1 amide bonds. The lowest BCUT2D eigenvalue weighted by Crippen LogP contribution is -2.24. The monoisotopic (exact) mass is 330 g/mol. The highest BCUT2D eigenvalue weighted by atomic mass is 35.5. The molecule has 3 rings (SSSR count). The maximum atomic E-state index is 12.2. The molecule has 0 fully saturated rings. The molecule has 1 aromatic carbocycles. The molecule has 0 aliphatic rings. The zero-order valence-electron chi connectivity index (χ0n) is 12.5. The van der Waals surface area contributed by atoms with Gasteiger partial charge in [0.1, 0.15) is 5.82 Å². The van der Waals surface area contributed by atoms with Gasteiger partial charge in [-0.3, -0.25) is 9.89 Å². The molecule has 3 aromatic rings. The Hall–Kier alpha value is -2.67. The van der Waals surface area contributed by atoms with Crippen LogP contribution in [0.3, 0.4) is 0 Å². The minimum atomic E-state index is -0.347. The molecular weight excluding hydrogens is 316 g/mol. The number of rotatable bonds is 5. The Morgan fingerprint density at radius 3 is 2.87 bits per heavy atom. The molecule has 0 bridgehead atoms. The third-order valence-electron chi connectivity index (χ3n) is 3.27. The summed E-state index contributed by atoms with van der Waals surface area (Å²) in [6.45, 7) is 2.28. The van der Waals surface area contributed by atoms with Crippen molar-refractivity contribution in [3.05, 3.63) is 58.9 Å². The second kappa shape index (κ2) is 6.62. The fraction of sp³-hybridized carbons (Fsp3) is 0.200. The van der Waals surface area contributed by atoms with Gasteiger partial charge in [-0.15, -0.1) is 5.10 Å². The van der Waals surface area contributed by atoms with Crippen LogP contribution in [0.5, 0.6) is 0 Å². The van der Waals surface area contributed by atoms with E-state index in [1.54, 1.807) is 23.0 Å². The number of nitrogens with one attached hydrogen (secondary N) is 2. The summed E-state index contributed by atoms with van der Waals surface area (Å²) in [6, 6.07) is 9.10. The molecule has 8 heteroatoms. The van der Waals surface area contributed by atoms with Crippen molar-refractivity contribution in [3.8, 4) is 5.69 Å². The number of H-pyrrole nitrogens is 1. The van der Waals surface area contributed by atoms with Crippen molar-refractivity contribution < 1.29 is 4.79 Å². The van der Waals surface area contributed by atoms with Gasteiger partial charge in [0.15, 0.2) is 0 Å². The van der Waals surface area contributed by atoms with Gasteiger partial charge >= 0.3 is 0 Å². The molecule has 23 heavy (non-hydrogen) atoms. The van der Waals surface area contributed by atoms with Gasteiger partial charge in [-0.2, -0.15) is 5.10 Å². The molecule has 0 atom stereocenters. The average Bonchev–Trinajstić information content (AvgIpc) is 3.22. The van der Waals surface area contributed by atoms with E-state index in [4.69, 9.17) is 11.6 Å². The largest absolute Gasteiger partial charge is 0.344 e. The van der Waals surface area contributed by atoms with Crippen LogP contribution in [0.25, 0.3) is 5.69 Å². The minimum absolute atomic E-state index is 0.112. The molecular formula is C15H15ClN6O. The predicted molar refractivity (Wildman–Crippen MR) is 85.5 cm³/mol. The number of carbonyl (C=O) groups excluding carboxylic acids is 1. The number of carbonyl (C=O) groups is 1. The second-order valence-corrected chi connectivity index (χ2v) is 5.24. The van der Waals surface area contributed by atoms with E-state index in [0.29, 0.717) is 29.5 Å². The number of halogens is 1. The van der Waals surface area contributed by atoms with Crippen molar-refractivity contribution in [2.24, 2.45) is 0 Å². The van der Waals surface area contributed by atoms with Crippen molar-refractivity contribution in [1.82, 2.24) is 30.3 Å². The van der Waals surface area contributed by atoms with Gasteiger partial charge in [0.2, 0.25) is 5.82 Å². The summed E-state index contributed by atoms with van der Waals surface area (Å²) in [5.41, 5.74) is 1.51. The molecule has 2 heterocycles. The average molecular weight is 331 g/mol. The Bertz CT molecular complexity index is 811. The van der Waals surface area contributed by atoms with Gasteiger partial charge in [0, 0.05) is 12.6 Å². The zero-order valence-corrected chi connectivity index (χ0v) is 13.2. The molecule has 0 saturated heterocycles. The van der Waals surface area contributed by atoms with Crippen LogP contribution < -0.4 is 5.32 Å². The van der Waals surface area contributed by atoms with Crippen LogP contribution >= 0.6 is 11.6 Å². The van der Waals surface area contributed by atoms with E-state index in [1.165, 1.54) is 0 Å². The minimum Gasteiger partial charge on any atom is -0.344 e. The number of amides is 1. The summed E-state index contributed by atoms with van der Waals surface area (Å²) < 4.78 is 1.60. The molecule has 0 radical (unpaired) electrons. The van der Waals surface area contributed by atoms with E-state index in [9.17, 15) is 4.79 Å². The van der Waals surface area contributed by atoms with Crippen LogP contribution in [0.1, 0.15) is 29.1 Å². The fourth-order valence-electron chi connectivity index (χ4n) is 2.12. The predicted octanol–water partition coefficient (Wildman–Crippen LogP) is 2.14. The second-order valence-electron chi connectivity index (χ2n) is 4.83. The lowest BCUT2D eigenvalue weighted by Gasteiger charge is -2.05. The number of hydrogen-bond donors (Lipinski definition) is 2. The van der Waals surface area contributed by atoms with Crippen molar-refractivity contribution in [2.45, 2.75) is 19.9 Å². The number of aromatic amines is 1. The van der Waals surface area contributed by atoms with E-state index in [0.717, 1.165) is 5.69 Å². The van der Waals surface area contributed by atoms with Crippen molar-refractivity contribution in [2.75, 3.05) is 0 Å². The quantitative estimate of drug-likeness (QED) is 0.750. The molecule has 0 aliphatic carbocycles. The Morgan fingerprint density at radius 2 is 2.17 bits per heavy atom. The standard InChI is InChI=1S/C15H15ClN6O/c1-2-13-19-14(15(23)17-9-10-7-8-18-20-10)21-22(13)12-6-4-3-5-11(12)16/h3-8H,2,9H2,1H3,(H,17,23)(H,18,20). The number of benzene rings is 1. The third-order valence-corrected chi connectivity index (χ3v) is 3.59. The van der Waals surface area contributed by atoms with Gasteiger partial charge in [0.25, 0.3) is 5.91 Å². The molecule has 7 nitrogen and oxygen atoms in total. The van der Waals surface area contributed by atoms with E-state index in [-0.39, 0.29) is 11.7 Å². The molecule has 0 aliphatic heterocycles. The van der Waals surface area contributed by atoms with Crippen molar-refractivity contribution >= 4 is 17.5 Å². The van der Waals surface area contributed by atoms with Crippen LogP contribution in [-0.4, -0.2) is 30.9 Å². The maximum Gasteiger partial charge on any atom is 0.291 e. The Balaban J connectivity index is 1.84. The lowest BCUT2D eigenvalue weighted by molar-refractivity contribution is 0.0940. The first-order chi connectivity index (χ1) is 11.2. The first kappa shape index (κ1) is 15.2. The summed E-state index contributed by atoms with van der Waals surface area (Å²) in [5.74, 6) is 0.436. The first-order valence-corrected chi connectivity index (χ1v) is 7.54.